The molecule has 0 saturated heterocycles. The molecular formula is C11H12BrN3O2S. The van der Waals surface area contributed by atoms with Gasteiger partial charge in [0, 0.05) is 17.2 Å². The van der Waals surface area contributed by atoms with Gasteiger partial charge < -0.3 is 0 Å². The van der Waals surface area contributed by atoms with Gasteiger partial charge in [0.25, 0.3) is 10.0 Å². The van der Waals surface area contributed by atoms with Crippen LogP contribution in [-0.2, 0) is 16.6 Å². The molecule has 0 atom stereocenters. The van der Waals surface area contributed by atoms with Crippen LogP contribution in [0.1, 0.15) is 6.92 Å². The number of aryl methyl sites for hydroxylation is 1. The quantitative estimate of drug-likeness (QED) is 0.937. The summed E-state index contributed by atoms with van der Waals surface area (Å²) in [4.78, 5) is 0.209. The Hall–Kier alpha value is -1.34. The van der Waals surface area contributed by atoms with Crippen LogP contribution in [0.4, 0.5) is 5.69 Å². The molecule has 0 saturated carbocycles. The van der Waals surface area contributed by atoms with E-state index in [0.717, 1.165) is 4.47 Å². The molecule has 1 aromatic heterocycles. The molecule has 2 aromatic rings. The number of hydrogen-bond donors (Lipinski definition) is 1. The predicted molar refractivity (Wildman–Crippen MR) is 72.9 cm³/mol. The summed E-state index contributed by atoms with van der Waals surface area (Å²) in [5.74, 6) is 0. The molecule has 0 unspecified atom stereocenters. The predicted octanol–water partition coefficient (Wildman–Crippen LogP) is 2.47. The summed E-state index contributed by atoms with van der Waals surface area (Å²) in [5, 5.41) is 4.01. The summed E-state index contributed by atoms with van der Waals surface area (Å²) in [5.41, 5.74) is 0.455. The van der Waals surface area contributed by atoms with Gasteiger partial charge in [-0.3, -0.25) is 9.40 Å². The van der Waals surface area contributed by atoms with Gasteiger partial charge in [0.15, 0.2) is 0 Å². The van der Waals surface area contributed by atoms with Gasteiger partial charge in [-0.25, -0.2) is 8.42 Å². The smallest absolute Gasteiger partial charge is 0.262 e. The number of nitrogens with one attached hydrogen (secondary N) is 1. The molecule has 1 N–H and O–H groups in total. The van der Waals surface area contributed by atoms with Crippen LogP contribution in [0, 0.1) is 0 Å². The van der Waals surface area contributed by atoms with E-state index in [1.807, 2.05) is 6.92 Å². The van der Waals surface area contributed by atoms with E-state index in [2.05, 4.69) is 25.8 Å². The van der Waals surface area contributed by atoms with Crippen molar-refractivity contribution in [3.05, 3.63) is 41.1 Å². The van der Waals surface area contributed by atoms with Gasteiger partial charge >= 0.3 is 0 Å². The van der Waals surface area contributed by atoms with Crippen LogP contribution >= 0.6 is 15.9 Å². The first-order valence-corrected chi connectivity index (χ1v) is 7.60. The van der Waals surface area contributed by atoms with Gasteiger partial charge in [0.1, 0.15) is 0 Å². The first-order valence-electron chi connectivity index (χ1n) is 5.32. The average molecular weight is 330 g/mol. The summed E-state index contributed by atoms with van der Waals surface area (Å²) in [6, 6.07) is 6.53. The SMILES string of the molecule is CCn1cc(NS(=O)(=O)c2cccc(Br)c2)cn1. The lowest BCUT2D eigenvalue weighted by Crippen LogP contribution is -2.12. The summed E-state index contributed by atoms with van der Waals surface area (Å²) < 4.78 is 29.0. The normalized spacial score (nSPS) is 11.4. The van der Waals surface area contributed by atoms with Gasteiger partial charge in [-0.1, -0.05) is 22.0 Å². The van der Waals surface area contributed by atoms with Gasteiger partial charge in [-0.05, 0) is 25.1 Å². The van der Waals surface area contributed by atoms with Crippen LogP contribution in [-0.4, -0.2) is 18.2 Å². The zero-order chi connectivity index (χ0) is 13.2. The number of aromatic nitrogens is 2. The lowest BCUT2D eigenvalue weighted by atomic mass is 10.4. The van der Waals surface area contributed by atoms with Crippen LogP contribution in [0.3, 0.4) is 0 Å². The summed E-state index contributed by atoms with van der Waals surface area (Å²) in [6.07, 6.45) is 3.13. The molecule has 0 bridgehead atoms. The lowest BCUT2D eigenvalue weighted by molar-refractivity contribution is 0.601. The van der Waals surface area contributed by atoms with E-state index in [1.54, 1.807) is 29.1 Å². The molecule has 96 valence electrons. The van der Waals surface area contributed by atoms with Crippen molar-refractivity contribution in [2.24, 2.45) is 0 Å². The minimum absolute atomic E-state index is 0.209. The van der Waals surface area contributed by atoms with Gasteiger partial charge in [0.2, 0.25) is 0 Å². The number of sulfonamides is 1. The second kappa shape index (κ2) is 5.11. The maximum atomic E-state index is 12.1. The molecular weight excluding hydrogens is 318 g/mol. The average Bonchev–Trinajstić information content (AvgIpc) is 2.76. The Labute approximate surface area is 114 Å². The van der Waals surface area contributed by atoms with E-state index in [0.29, 0.717) is 12.2 Å². The minimum Gasteiger partial charge on any atom is -0.276 e. The summed E-state index contributed by atoms with van der Waals surface area (Å²) in [7, 11) is -3.56. The van der Waals surface area contributed by atoms with Crippen molar-refractivity contribution in [2.75, 3.05) is 4.72 Å². The Morgan fingerprint density at radius 2 is 2.22 bits per heavy atom. The molecule has 7 heteroatoms. The van der Waals surface area contributed by atoms with E-state index < -0.39 is 10.0 Å². The molecule has 1 aromatic carbocycles. The number of halogens is 1. The monoisotopic (exact) mass is 329 g/mol. The van der Waals surface area contributed by atoms with Crippen LogP contribution in [0.25, 0.3) is 0 Å². The van der Waals surface area contributed by atoms with Gasteiger partial charge in [-0.15, -0.1) is 0 Å². The maximum Gasteiger partial charge on any atom is 0.262 e. The molecule has 0 amide bonds. The highest BCUT2D eigenvalue weighted by Crippen LogP contribution is 2.19. The fourth-order valence-electron chi connectivity index (χ4n) is 1.44. The number of anilines is 1. The van der Waals surface area contributed by atoms with Crippen molar-refractivity contribution in [1.82, 2.24) is 9.78 Å². The third-order valence-corrected chi connectivity index (χ3v) is 4.19. The van der Waals surface area contributed by atoms with E-state index >= 15 is 0 Å². The zero-order valence-electron chi connectivity index (χ0n) is 9.67. The summed E-state index contributed by atoms with van der Waals surface area (Å²) >= 11 is 3.25. The van der Waals surface area contributed by atoms with Crippen LogP contribution < -0.4 is 4.72 Å². The third-order valence-electron chi connectivity index (χ3n) is 2.32. The molecule has 0 aliphatic heterocycles. The Bertz CT molecular complexity index is 652. The number of nitrogens with zero attached hydrogens (tertiary/aromatic N) is 2. The Morgan fingerprint density at radius 1 is 1.44 bits per heavy atom. The molecule has 0 spiro atoms. The lowest BCUT2D eigenvalue weighted by Gasteiger charge is -2.05. The van der Waals surface area contributed by atoms with Crippen molar-refractivity contribution in [3.63, 3.8) is 0 Å². The summed E-state index contributed by atoms with van der Waals surface area (Å²) in [6.45, 7) is 2.62. The van der Waals surface area contributed by atoms with Crippen molar-refractivity contribution < 1.29 is 8.42 Å². The van der Waals surface area contributed by atoms with Crippen LogP contribution in [0.2, 0.25) is 0 Å². The Kier molecular flexibility index (Phi) is 3.72. The standard InChI is InChI=1S/C11H12BrN3O2S/c1-2-15-8-10(7-13-15)14-18(16,17)11-5-3-4-9(12)6-11/h3-8,14H,2H2,1H3. The number of rotatable bonds is 4. The first-order chi connectivity index (χ1) is 8.51. The van der Waals surface area contributed by atoms with E-state index in [1.165, 1.54) is 12.3 Å². The van der Waals surface area contributed by atoms with Crippen molar-refractivity contribution in [1.29, 1.82) is 0 Å². The maximum absolute atomic E-state index is 12.1. The second-order valence-corrected chi connectivity index (χ2v) is 6.25. The van der Waals surface area contributed by atoms with E-state index in [9.17, 15) is 8.42 Å². The molecule has 0 aliphatic carbocycles. The largest absolute Gasteiger partial charge is 0.276 e. The van der Waals surface area contributed by atoms with Crippen molar-refractivity contribution in [3.8, 4) is 0 Å². The molecule has 5 nitrogen and oxygen atoms in total. The minimum atomic E-state index is -3.56. The van der Waals surface area contributed by atoms with Gasteiger partial charge in [0.05, 0.1) is 16.8 Å². The van der Waals surface area contributed by atoms with Gasteiger partial charge in [-0.2, -0.15) is 5.10 Å². The molecule has 18 heavy (non-hydrogen) atoms. The Morgan fingerprint density at radius 3 is 2.83 bits per heavy atom. The van der Waals surface area contributed by atoms with E-state index in [-0.39, 0.29) is 4.90 Å². The highest BCUT2D eigenvalue weighted by molar-refractivity contribution is 9.10. The Balaban J connectivity index is 2.27. The topological polar surface area (TPSA) is 64.0 Å². The zero-order valence-corrected chi connectivity index (χ0v) is 12.1. The highest BCUT2D eigenvalue weighted by Gasteiger charge is 2.15. The molecule has 2 rings (SSSR count). The second-order valence-electron chi connectivity index (χ2n) is 3.65. The number of hydrogen-bond acceptors (Lipinski definition) is 3. The fourth-order valence-corrected chi connectivity index (χ4v) is 3.06. The highest BCUT2D eigenvalue weighted by atomic mass is 79.9. The van der Waals surface area contributed by atoms with Crippen molar-refractivity contribution >= 4 is 31.6 Å². The molecule has 1 heterocycles. The molecule has 0 aliphatic rings. The first kappa shape index (κ1) is 13.1. The third kappa shape index (κ3) is 2.91. The van der Waals surface area contributed by atoms with Crippen LogP contribution in [0.15, 0.2) is 46.0 Å². The van der Waals surface area contributed by atoms with E-state index in [4.69, 9.17) is 0 Å². The molecule has 0 fully saturated rings. The number of benzene rings is 1. The molecule has 0 radical (unpaired) electrons. The van der Waals surface area contributed by atoms with Crippen molar-refractivity contribution in [2.45, 2.75) is 18.4 Å². The fraction of sp³-hybridized carbons (Fsp3) is 0.182. The van der Waals surface area contributed by atoms with Crippen LogP contribution in [0.5, 0.6) is 0 Å².